The Bertz CT molecular complexity index is 2600. The van der Waals surface area contributed by atoms with Gasteiger partial charge < -0.3 is 19.9 Å². The van der Waals surface area contributed by atoms with Crippen molar-refractivity contribution in [1.82, 2.24) is 40.2 Å². The van der Waals surface area contributed by atoms with Crippen LogP contribution in [0, 0.1) is 11.8 Å². The molecule has 5 aromatic rings. The molecule has 0 bridgehead atoms. The molecule has 2 saturated heterocycles. The molecule has 1 unspecified atom stereocenters. The minimum Gasteiger partial charge on any atom is -0.381 e. The summed E-state index contributed by atoms with van der Waals surface area (Å²) in [4.78, 5) is 75.2. The number of hydrogen-bond acceptors (Lipinski definition) is 9. The third-order valence-electron chi connectivity index (χ3n) is 11.7. The number of fused-ring (bicyclic) bond motifs is 3. The second-order valence-corrected chi connectivity index (χ2v) is 15.3. The Morgan fingerprint density at radius 2 is 1.76 bits per heavy atom. The molecular formula is C45H42N8O6. The number of benzene rings is 2. The first-order chi connectivity index (χ1) is 28.7. The predicted octanol–water partition coefficient (Wildman–Crippen LogP) is 4.35. The molecule has 4 aliphatic heterocycles. The lowest BCUT2D eigenvalue weighted by molar-refractivity contribution is -0.137. The maximum atomic E-state index is 13.1. The molecule has 2 aromatic carbocycles. The molecule has 2 N–H and O–H groups in total. The highest BCUT2D eigenvalue weighted by Crippen LogP contribution is 2.38. The highest BCUT2D eigenvalue weighted by atomic mass is 16.5. The van der Waals surface area contributed by atoms with Gasteiger partial charge in [-0.2, -0.15) is 5.10 Å². The number of pyridine rings is 2. The van der Waals surface area contributed by atoms with Crippen molar-refractivity contribution >= 4 is 40.3 Å². The first-order valence-corrected chi connectivity index (χ1v) is 20.1. The molecule has 2 fully saturated rings. The Morgan fingerprint density at radius 1 is 0.932 bits per heavy atom. The zero-order valence-electron chi connectivity index (χ0n) is 32.6. The molecule has 0 spiro atoms. The number of nitrogens with zero attached hydrogens (tertiary/aromatic N) is 6. The van der Waals surface area contributed by atoms with Crippen molar-refractivity contribution in [3.63, 3.8) is 0 Å². The molecule has 4 aliphatic rings. The minimum absolute atomic E-state index is 0.0573. The Kier molecular flexibility index (Phi) is 10.2. The van der Waals surface area contributed by atoms with E-state index in [1.165, 1.54) is 10.6 Å². The zero-order valence-corrected chi connectivity index (χ0v) is 32.6. The van der Waals surface area contributed by atoms with Crippen LogP contribution in [-0.2, 0) is 38.6 Å². The second kappa shape index (κ2) is 15.9. The molecule has 0 saturated carbocycles. The molecule has 5 amide bonds. The van der Waals surface area contributed by atoms with Crippen LogP contribution in [0.5, 0.6) is 0 Å². The third kappa shape index (κ3) is 7.34. The summed E-state index contributed by atoms with van der Waals surface area (Å²) in [7, 11) is 0. The number of imide groups is 1. The number of ether oxygens (including phenoxy) is 1. The minimum atomic E-state index is -0.693. The number of aromatic nitrogens is 4. The molecule has 3 aromatic heterocycles. The van der Waals surface area contributed by atoms with Gasteiger partial charge in [0.15, 0.2) is 0 Å². The van der Waals surface area contributed by atoms with E-state index in [0.29, 0.717) is 56.8 Å². The highest BCUT2D eigenvalue weighted by molar-refractivity contribution is 6.05. The average Bonchev–Trinajstić information content (AvgIpc) is 3.81. The Hall–Kier alpha value is -6.72. The average molecular weight is 791 g/mol. The number of hydrogen-bond donors (Lipinski definition) is 2. The lowest BCUT2D eigenvalue weighted by atomic mass is 9.96. The first kappa shape index (κ1) is 37.8. The summed E-state index contributed by atoms with van der Waals surface area (Å²) >= 11 is 0. The second-order valence-electron chi connectivity index (χ2n) is 15.3. The van der Waals surface area contributed by atoms with Crippen molar-refractivity contribution < 1.29 is 28.7 Å². The van der Waals surface area contributed by atoms with E-state index in [-0.39, 0.29) is 48.3 Å². The van der Waals surface area contributed by atoms with Gasteiger partial charge >= 0.3 is 0 Å². The van der Waals surface area contributed by atoms with E-state index >= 15 is 0 Å². The molecule has 59 heavy (non-hydrogen) atoms. The molecular weight excluding hydrogens is 749 g/mol. The summed E-state index contributed by atoms with van der Waals surface area (Å²) in [6, 6.07) is 16.6. The summed E-state index contributed by atoms with van der Waals surface area (Å²) in [5.41, 5.74) is 7.85. The number of carbonyl (C=O) groups is 5. The van der Waals surface area contributed by atoms with Crippen molar-refractivity contribution in [2.24, 2.45) is 0 Å². The molecule has 14 nitrogen and oxygen atoms in total. The standard InChI is InChI=1S/C45H42N8O6/c1-27(54)51-19-15-39-36(25-51)42(50-53(39)31-16-20-59-21-17-31)32-9-5-8-29-22-38(48-24-34(29)32)30-11-12-37(47-23-30)43(56)46-18-3-2-6-28-7-4-10-33-35(28)26-52(45(33)58)40-13-14-41(55)49-44(40)57/h4-5,7-12,22-24,31,40H,3,13-21,25-26H2,1H3,(H,46,56)(H,49,55,57). The Labute approximate surface area is 340 Å². The smallest absolute Gasteiger partial charge is 0.269 e. The van der Waals surface area contributed by atoms with Crippen LogP contribution in [0.25, 0.3) is 33.3 Å². The summed E-state index contributed by atoms with van der Waals surface area (Å²) in [6.07, 6.45) is 6.94. The Balaban J connectivity index is 0.858. The fraction of sp³-hybridized carbons (Fsp3) is 0.333. The third-order valence-corrected chi connectivity index (χ3v) is 11.7. The van der Waals surface area contributed by atoms with Crippen LogP contribution in [0.3, 0.4) is 0 Å². The first-order valence-electron chi connectivity index (χ1n) is 20.1. The van der Waals surface area contributed by atoms with Gasteiger partial charge in [0.1, 0.15) is 11.7 Å². The zero-order chi connectivity index (χ0) is 40.6. The van der Waals surface area contributed by atoms with Crippen molar-refractivity contribution in [3.05, 3.63) is 101 Å². The van der Waals surface area contributed by atoms with Crippen molar-refractivity contribution in [2.45, 2.75) is 70.6 Å². The van der Waals surface area contributed by atoms with Gasteiger partial charge in [-0.05, 0) is 60.5 Å². The van der Waals surface area contributed by atoms with Gasteiger partial charge in [-0.1, -0.05) is 36.1 Å². The lowest BCUT2D eigenvalue weighted by Gasteiger charge is -2.29. The van der Waals surface area contributed by atoms with Crippen LogP contribution in [0.1, 0.15) is 88.3 Å². The van der Waals surface area contributed by atoms with Gasteiger partial charge in [-0.25, -0.2) is 0 Å². The van der Waals surface area contributed by atoms with E-state index < -0.39 is 11.9 Å². The maximum absolute atomic E-state index is 13.1. The van der Waals surface area contributed by atoms with E-state index in [1.807, 2.05) is 41.4 Å². The molecule has 0 radical (unpaired) electrons. The fourth-order valence-electron chi connectivity index (χ4n) is 8.57. The van der Waals surface area contributed by atoms with Crippen LogP contribution >= 0.6 is 0 Å². The number of piperidine rings is 1. The largest absolute Gasteiger partial charge is 0.381 e. The fourth-order valence-corrected chi connectivity index (χ4v) is 8.57. The van der Waals surface area contributed by atoms with Gasteiger partial charge in [0, 0.05) is 117 Å². The topological polar surface area (TPSA) is 169 Å². The van der Waals surface area contributed by atoms with Crippen LogP contribution in [0.2, 0.25) is 0 Å². The molecule has 9 rings (SSSR count). The number of rotatable bonds is 7. The van der Waals surface area contributed by atoms with Crippen molar-refractivity contribution in [2.75, 3.05) is 26.3 Å². The van der Waals surface area contributed by atoms with E-state index in [9.17, 15) is 24.0 Å². The maximum Gasteiger partial charge on any atom is 0.269 e. The number of nitrogens with one attached hydrogen (secondary N) is 2. The van der Waals surface area contributed by atoms with Gasteiger partial charge in [0.05, 0.1) is 17.4 Å². The number of carbonyl (C=O) groups excluding carboxylic acids is 5. The summed E-state index contributed by atoms with van der Waals surface area (Å²) in [5, 5.41) is 12.4. The van der Waals surface area contributed by atoms with Crippen LogP contribution < -0.4 is 10.6 Å². The summed E-state index contributed by atoms with van der Waals surface area (Å²) in [5.74, 6) is 4.91. The lowest BCUT2D eigenvalue weighted by Crippen LogP contribution is -2.52. The predicted molar refractivity (Wildman–Crippen MR) is 216 cm³/mol. The van der Waals surface area contributed by atoms with Crippen LogP contribution in [0.15, 0.2) is 67.0 Å². The SMILES string of the molecule is CC(=O)N1CCc2c(c(-c3cccc4cc(-c5ccc(C(=O)NCCC#Cc6cccc7c6CN(C6CCC(=O)NC6=O)C7=O)nc5)ncc34)nn2C2CCOCC2)C1. The van der Waals surface area contributed by atoms with E-state index in [4.69, 9.17) is 14.8 Å². The van der Waals surface area contributed by atoms with E-state index in [2.05, 4.69) is 38.2 Å². The van der Waals surface area contributed by atoms with Gasteiger partial charge in [-0.15, -0.1) is 0 Å². The van der Waals surface area contributed by atoms with Crippen molar-refractivity contribution in [3.8, 4) is 34.4 Å². The van der Waals surface area contributed by atoms with Crippen LogP contribution in [0.4, 0.5) is 0 Å². The van der Waals surface area contributed by atoms with Gasteiger partial charge in [0.2, 0.25) is 17.7 Å². The molecule has 298 valence electrons. The normalized spacial score (nSPS) is 17.9. The molecule has 0 aliphatic carbocycles. The van der Waals surface area contributed by atoms with E-state index in [0.717, 1.165) is 63.7 Å². The Morgan fingerprint density at radius 3 is 2.56 bits per heavy atom. The van der Waals surface area contributed by atoms with Gasteiger partial charge in [-0.3, -0.25) is 43.9 Å². The summed E-state index contributed by atoms with van der Waals surface area (Å²) in [6.45, 7) is 4.79. The quantitative estimate of drug-likeness (QED) is 0.138. The highest BCUT2D eigenvalue weighted by Gasteiger charge is 2.40. The number of amides is 5. The van der Waals surface area contributed by atoms with Crippen LogP contribution in [-0.4, -0.2) is 91.4 Å². The molecule has 14 heteroatoms. The summed E-state index contributed by atoms with van der Waals surface area (Å²) < 4.78 is 7.84. The molecule has 7 heterocycles. The van der Waals surface area contributed by atoms with E-state index in [1.54, 1.807) is 31.3 Å². The van der Waals surface area contributed by atoms with Crippen molar-refractivity contribution in [1.29, 1.82) is 0 Å². The van der Waals surface area contributed by atoms with Gasteiger partial charge in [0.25, 0.3) is 11.8 Å². The monoisotopic (exact) mass is 790 g/mol. The molecule has 1 atom stereocenters.